The Morgan fingerprint density at radius 3 is 2.22 bits per heavy atom. The second-order valence-corrected chi connectivity index (χ2v) is 31.1. The standard InChI is InChI=1S/C66H104O30S3/c1-40(16-10-9-14-30-85-56(72)18-12-8-11-17-46(67)34-49(95-98(79,80)81)35-51(69)60(96-99(82,83)84)52(70)39-88-97(76,77)78)38-86-62(74)63(7,75)37-48-21-22-55(71)66(91-48)36-41(2)32-54(92-66)42(3)19-20-47-24-28-65(90-47)29-25-53-61(94-65)57(73)45(6)59(89-53)50(68)33-44(5)58-43(4)23-27-64(93-58)26-13-15-31-87-64/h8-10,12,16,19-20,36,42-44,46-55,57-61,67-71,73,75H,6,11,13-15,17-18,21-35,37-39H2,1-5,7H3,(H,76,77,78)(H,79,80,81)(H,82,83,84)/b10-9+,12-8+,20-19?,40-16+/t42-,43-,44+,46?,47+,48+,49?,50+,51?,52?,53-,54+,55-,57-,58+,59+,60?,61-,63-,64+,65-,66-/m1/s1. The van der Waals surface area contributed by atoms with Gasteiger partial charge in [0.1, 0.15) is 43.2 Å². The molecule has 566 valence electrons. The van der Waals surface area contributed by atoms with Crippen LogP contribution < -0.4 is 0 Å². The molecule has 0 aromatic heterocycles. The third-order valence-electron chi connectivity index (χ3n) is 19.3. The highest BCUT2D eigenvalue weighted by Crippen LogP contribution is 2.48. The number of fused-ring (bicyclic) bond motifs is 1. The number of hydrogen-bond donors (Lipinski definition) is 10. The summed E-state index contributed by atoms with van der Waals surface area (Å²) >= 11 is 0. The SMILES string of the molecule is C=C1[C@@H](O)[C@@H]2O[C@]3(CC[C@H](C=C[C@@H](C)[C@@H]4CC(C)=C[C@@]5(O[C@H](C[C@@](C)(O)C(=O)OC/C(C)=C/C=C/CCOC(=O)C/C=C/CCC(O)CC(CC(O)C(OS(=O)(=O)O)C(O)COS(=O)(=O)O)OS(=O)(=O)O)CC[C@H]5O)O4)O3)CC[C@H]2O[C@@H]1[C@@H](O)C[C@H](C)[C@H]1O[C@@]2(CCCCO2)CC[C@H]1C. The van der Waals surface area contributed by atoms with E-state index >= 15 is 0 Å². The largest absolute Gasteiger partial charge is 0.465 e. The molecule has 0 saturated carbocycles. The molecule has 7 heterocycles. The number of aliphatic hydroxyl groups excluding tert-OH is 6. The lowest BCUT2D eigenvalue weighted by Crippen LogP contribution is -2.60. The first-order valence-electron chi connectivity index (χ1n) is 34.0. The van der Waals surface area contributed by atoms with Gasteiger partial charge < -0.3 is 78.4 Å². The van der Waals surface area contributed by atoms with Crippen molar-refractivity contribution in [2.75, 3.05) is 26.4 Å². The van der Waals surface area contributed by atoms with E-state index in [1.54, 1.807) is 31.2 Å². The second kappa shape index (κ2) is 35.9. The van der Waals surface area contributed by atoms with Crippen molar-refractivity contribution in [2.24, 2.45) is 17.8 Å². The minimum absolute atomic E-state index is 0.00671. The summed E-state index contributed by atoms with van der Waals surface area (Å²) in [5, 5.41) is 77.5. The molecule has 6 saturated heterocycles. The van der Waals surface area contributed by atoms with Crippen LogP contribution in [0.3, 0.4) is 0 Å². The number of rotatable bonds is 34. The van der Waals surface area contributed by atoms with Crippen molar-refractivity contribution in [1.82, 2.24) is 0 Å². The van der Waals surface area contributed by atoms with Crippen molar-refractivity contribution in [3.63, 3.8) is 0 Å². The van der Waals surface area contributed by atoms with Crippen molar-refractivity contribution in [1.29, 1.82) is 0 Å². The van der Waals surface area contributed by atoms with Gasteiger partial charge in [0.05, 0.1) is 81.2 Å². The van der Waals surface area contributed by atoms with E-state index in [1.165, 1.54) is 19.1 Å². The molecule has 7 rings (SSSR count). The smallest absolute Gasteiger partial charge is 0.397 e. The molecule has 22 atom stereocenters. The van der Waals surface area contributed by atoms with Crippen LogP contribution in [0.15, 0.2) is 71.9 Å². The summed E-state index contributed by atoms with van der Waals surface area (Å²) in [7, 11) is -15.9. The van der Waals surface area contributed by atoms with Crippen molar-refractivity contribution in [3.05, 3.63) is 71.9 Å². The molecule has 0 aromatic rings. The molecule has 0 radical (unpaired) electrons. The number of allylic oxidation sites excluding steroid dienone is 3. The van der Waals surface area contributed by atoms with E-state index in [9.17, 15) is 75.1 Å². The fraction of sp³-hybridized carbons (Fsp3) is 0.788. The molecule has 0 aliphatic carbocycles. The first kappa shape index (κ1) is 82.7. The summed E-state index contributed by atoms with van der Waals surface area (Å²) in [4.78, 5) is 25.7. The van der Waals surface area contributed by atoms with E-state index < -0.39 is 165 Å². The average molecular weight is 1470 g/mol. The lowest BCUT2D eigenvalue weighted by molar-refractivity contribution is -0.321. The highest BCUT2D eigenvalue weighted by molar-refractivity contribution is 7.81. The lowest BCUT2D eigenvalue weighted by Gasteiger charge is -2.50. The van der Waals surface area contributed by atoms with Crippen LogP contribution in [-0.4, -0.2) is 228 Å². The Morgan fingerprint density at radius 2 is 1.53 bits per heavy atom. The van der Waals surface area contributed by atoms with Crippen molar-refractivity contribution < 1.29 is 139 Å². The summed E-state index contributed by atoms with van der Waals surface area (Å²) in [6.07, 6.45) is 4.04. The molecule has 0 bridgehead atoms. The number of carbonyl (C=O) groups excluding carboxylic acids is 2. The maximum absolute atomic E-state index is 13.3. The molecule has 30 nitrogen and oxygen atoms in total. The van der Waals surface area contributed by atoms with E-state index in [0.717, 1.165) is 37.7 Å². The number of carbonyl (C=O) groups is 2. The molecule has 0 amide bonds. The molecule has 99 heavy (non-hydrogen) atoms. The van der Waals surface area contributed by atoms with Crippen LogP contribution >= 0.6 is 0 Å². The van der Waals surface area contributed by atoms with Crippen LogP contribution in [0.25, 0.3) is 0 Å². The van der Waals surface area contributed by atoms with Gasteiger partial charge in [-0.3, -0.25) is 18.5 Å². The Hall–Kier alpha value is -3.57. The summed E-state index contributed by atoms with van der Waals surface area (Å²) in [6.45, 7) is 14.6. The summed E-state index contributed by atoms with van der Waals surface area (Å²) in [5.74, 6) is -4.37. The van der Waals surface area contributed by atoms with E-state index in [1.807, 2.05) is 26.0 Å². The first-order valence-corrected chi connectivity index (χ1v) is 38.1. The third kappa shape index (κ3) is 25.1. The zero-order chi connectivity index (χ0) is 72.9. The van der Waals surface area contributed by atoms with Crippen LogP contribution in [0.2, 0.25) is 0 Å². The predicted molar refractivity (Wildman–Crippen MR) is 350 cm³/mol. The van der Waals surface area contributed by atoms with E-state index in [-0.39, 0.29) is 69.4 Å². The Labute approximate surface area is 580 Å². The number of hydrogen-bond acceptors (Lipinski definition) is 27. The Morgan fingerprint density at radius 1 is 0.808 bits per heavy atom. The Kier molecular flexibility index (Phi) is 30.0. The van der Waals surface area contributed by atoms with Gasteiger partial charge >= 0.3 is 43.1 Å². The minimum atomic E-state index is -5.46. The van der Waals surface area contributed by atoms with Crippen LogP contribution in [0.1, 0.15) is 170 Å². The number of ether oxygens (including phenoxy) is 9. The minimum Gasteiger partial charge on any atom is -0.465 e. The zero-order valence-electron chi connectivity index (χ0n) is 57.1. The topological polar surface area (TPSA) is 450 Å². The van der Waals surface area contributed by atoms with Crippen LogP contribution in [0, 0.1) is 17.8 Å². The van der Waals surface area contributed by atoms with Gasteiger partial charge in [0.25, 0.3) is 0 Å². The Balaban J connectivity index is 0.788. The highest BCUT2D eigenvalue weighted by Gasteiger charge is 2.55. The van der Waals surface area contributed by atoms with Gasteiger partial charge in [-0.1, -0.05) is 75.5 Å². The van der Waals surface area contributed by atoms with Gasteiger partial charge in [-0.05, 0) is 127 Å². The number of esters is 2. The average Bonchev–Trinajstić information content (AvgIpc) is 1.68. The number of aliphatic hydroxyl groups is 7. The fourth-order valence-corrected chi connectivity index (χ4v) is 15.4. The fourth-order valence-electron chi connectivity index (χ4n) is 14.1. The zero-order valence-corrected chi connectivity index (χ0v) is 59.5. The van der Waals surface area contributed by atoms with Gasteiger partial charge in [0.2, 0.25) is 5.79 Å². The highest BCUT2D eigenvalue weighted by atomic mass is 32.3. The van der Waals surface area contributed by atoms with E-state index in [4.69, 9.17) is 51.7 Å². The summed E-state index contributed by atoms with van der Waals surface area (Å²) < 4.78 is 164. The van der Waals surface area contributed by atoms with E-state index in [2.05, 4.69) is 33.0 Å². The molecule has 33 heteroatoms. The molecule has 10 N–H and O–H groups in total. The molecular formula is C66H104O30S3. The third-order valence-corrected chi connectivity index (χ3v) is 20.7. The monoisotopic (exact) mass is 1470 g/mol. The van der Waals surface area contributed by atoms with E-state index in [0.29, 0.717) is 75.0 Å². The Bertz CT molecular complexity index is 3180. The van der Waals surface area contributed by atoms with Crippen molar-refractivity contribution in [2.45, 2.75) is 284 Å². The summed E-state index contributed by atoms with van der Waals surface area (Å²) in [6, 6.07) is 0. The molecular weight excluding hydrogens is 1370 g/mol. The molecule has 0 aromatic carbocycles. The summed E-state index contributed by atoms with van der Waals surface area (Å²) in [5.41, 5.74) is -0.0379. The van der Waals surface area contributed by atoms with Gasteiger partial charge in [-0.15, -0.1) is 0 Å². The lowest BCUT2D eigenvalue weighted by atomic mass is 9.79. The van der Waals surface area contributed by atoms with Gasteiger partial charge in [0, 0.05) is 50.9 Å². The maximum Gasteiger partial charge on any atom is 0.397 e. The molecule has 6 fully saturated rings. The van der Waals surface area contributed by atoms with Crippen LogP contribution in [-0.2, 0) is 96.0 Å². The maximum atomic E-state index is 13.3. The van der Waals surface area contributed by atoms with Crippen LogP contribution in [0.5, 0.6) is 0 Å². The normalized spacial score (nSPS) is 33.6. The van der Waals surface area contributed by atoms with Crippen molar-refractivity contribution in [3.8, 4) is 0 Å². The van der Waals surface area contributed by atoms with Gasteiger partial charge in [-0.25, -0.2) is 17.3 Å². The molecule has 3 spiro atoms. The first-order chi connectivity index (χ1) is 46.3. The molecule has 7 aliphatic rings. The second-order valence-electron chi connectivity index (χ2n) is 28.0. The van der Waals surface area contributed by atoms with Gasteiger partial charge in [0.15, 0.2) is 17.2 Å². The van der Waals surface area contributed by atoms with Gasteiger partial charge in [-0.2, -0.15) is 25.3 Å². The molecule has 5 unspecified atom stereocenters. The van der Waals surface area contributed by atoms with Crippen LogP contribution in [0.4, 0.5) is 0 Å². The molecule has 7 aliphatic heterocycles. The van der Waals surface area contributed by atoms with Crippen molar-refractivity contribution >= 4 is 43.1 Å². The predicted octanol–water partition coefficient (Wildman–Crippen LogP) is 4.89. The quantitative estimate of drug-likeness (QED) is 0.0135.